The first-order chi connectivity index (χ1) is 9.34. The summed E-state index contributed by atoms with van der Waals surface area (Å²) in [6.45, 7) is 1.70. The molecule has 98 valence electrons. The van der Waals surface area contributed by atoms with Gasteiger partial charge in [0.1, 0.15) is 17.8 Å². The number of hydrogen-bond donors (Lipinski definition) is 2. The summed E-state index contributed by atoms with van der Waals surface area (Å²) < 4.78 is 1.94. The molecule has 0 aliphatic heterocycles. The number of H-pyrrole nitrogens is 1. The van der Waals surface area contributed by atoms with Crippen LogP contribution in [0.1, 0.15) is 11.4 Å². The first-order valence-corrected chi connectivity index (χ1v) is 6.29. The van der Waals surface area contributed by atoms with Gasteiger partial charge in [0.15, 0.2) is 0 Å². The van der Waals surface area contributed by atoms with Crippen molar-refractivity contribution < 1.29 is 0 Å². The van der Waals surface area contributed by atoms with Crippen molar-refractivity contribution in [1.82, 2.24) is 30.0 Å². The average Bonchev–Trinajstić information content (AvgIpc) is 3.02. The molecule has 0 bridgehead atoms. The Kier molecular flexibility index (Phi) is 3.24. The largest absolute Gasteiger partial charge is 0.346 e. The van der Waals surface area contributed by atoms with Gasteiger partial charge in [0, 0.05) is 44.3 Å². The maximum atomic E-state index is 4.28. The highest BCUT2D eigenvalue weighted by atomic mass is 15.2. The van der Waals surface area contributed by atoms with Crippen LogP contribution in [0.5, 0.6) is 0 Å². The molecule has 0 aliphatic carbocycles. The first-order valence-electron chi connectivity index (χ1n) is 6.29. The third-order valence-electron chi connectivity index (χ3n) is 3.18. The molecule has 0 fully saturated rings. The van der Waals surface area contributed by atoms with Crippen LogP contribution in [0.2, 0.25) is 0 Å². The maximum Gasteiger partial charge on any atom is 0.137 e. The monoisotopic (exact) mass is 256 g/mol. The summed E-state index contributed by atoms with van der Waals surface area (Å²) in [5.74, 6) is 0.994. The molecule has 0 aromatic carbocycles. The molecule has 0 spiro atoms. The third kappa shape index (κ3) is 2.48. The highest BCUT2D eigenvalue weighted by Gasteiger charge is 2.04. The molecule has 0 radical (unpaired) electrons. The molecule has 3 rings (SSSR count). The molecule has 0 atom stereocenters. The predicted octanol–water partition coefficient (Wildman–Crippen LogP) is 1.02. The smallest absolute Gasteiger partial charge is 0.137 e. The lowest BCUT2D eigenvalue weighted by molar-refractivity contribution is 0.655. The van der Waals surface area contributed by atoms with Gasteiger partial charge in [0.2, 0.25) is 0 Å². The fourth-order valence-electron chi connectivity index (χ4n) is 2.12. The Hall–Kier alpha value is -2.21. The summed E-state index contributed by atoms with van der Waals surface area (Å²) in [5.41, 5.74) is 2.17. The lowest BCUT2D eigenvalue weighted by atomic mass is 10.2. The van der Waals surface area contributed by atoms with Crippen molar-refractivity contribution >= 4 is 11.0 Å². The van der Waals surface area contributed by atoms with E-state index >= 15 is 0 Å². The number of aromatic amines is 1. The second kappa shape index (κ2) is 5.19. The van der Waals surface area contributed by atoms with Crippen LogP contribution >= 0.6 is 0 Å². The maximum absolute atomic E-state index is 4.28. The Morgan fingerprint density at radius 1 is 1.42 bits per heavy atom. The molecule has 0 aliphatic rings. The van der Waals surface area contributed by atoms with Crippen molar-refractivity contribution in [2.24, 2.45) is 7.05 Å². The second-order valence-corrected chi connectivity index (χ2v) is 4.50. The molecule has 0 saturated heterocycles. The Bertz CT molecular complexity index is 668. The molecule has 0 amide bonds. The molecule has 0 saturated carbocycles. The number of fused-ring (bicyclic) bond motifs is 1. The molecular weight excluding hydrogens is 240 g/mol. The second-order valence-electron chi connectivity index (χ2n) is 4.50. The minimum absolute atomic E-state index is 0.823. The number of aromatic nitrogens is 5. The molecule has 3 heterocycles. The fraction of sp³-hybridized carbons (Fsp3) is 0.308. The molecular formula is C13H16N6. The highest BCUT2D eigenvalue weighted by molar-refractivity contribution is 5.79. The van der Waals surface area contributed by atoms with Gasteiger partial charge >= 0.3 is 0 Å². The number of rotatable bonds is 5. The number of pyridine rings is 1. The predicted molar refractivity (Wildman–Crippen MR) is 72.5 cm³/mol. The zero-order valence-electron chi connectivity index (χ0n) is 10.8. The Morgan fingerprint density at radius 3 is 3.21 bits per heavy atom. The normalized spacial score (nSPS) is 11.2. The summed E-state index contributed by atoms with van der Waals surface area (Å²) in [5, 5.41) is 12.5. The SMILES string of the molecule is Cn1cnnc1CCNCc1c[nH]c2ncccc12. The Labute approximate surface area is 110 Å². The molecule has 0 unspecified atom stereocenters. The summed E-state index contributed by atoms with van der Waals surface area (Å²) in [6.07, 6.45) is 6.40. The molecule has 3 aromatic heterocycles. The van der Waals surface area contributed by atoms with Gasteiger partial charge in [-0.05, 0) is 17.7 Å². The summed E-state index contributed by atoms with van der Waals surface area (Å²) in [6, 6.07) is 4.04. The van der Waals surface area contributed by atoms with Gasteiger partial charge in [-0.15, -0.1) is 10.2 Å². The lowest BCUT2D eigenvalue weighted by Crippen LogP contribution is -2.18. The van der Waals surface area contributed by atoms with Crippen molar-refractivity contribution in [3.8, 4) is 0 Å². The van der Waals surface area contributed by atoms with E-state index in [1.165, 1.54) is 10.9 Å². The van der Waals surface area contributed by atoms with Gasteiger partial charge in [-0.25, -0.2) is 4.98 Å². The van der Waals surface area contributed by atoms with Crippen LogP contribution in [-0.4, -0.2) is 31.3 Å². The average molecular weight is 256 g/mol. The van der Waals surface area contributed by atoms with E-state index in [0.29, 0.717) is 0 Å². The first kappa shape index (κ1) is 11.9. The van der Waals surface area contributed by atoms with E-state index in [4.69, 9.17) is 0 Å². The molecule has 6 nitrogen and oxygen atoms in total. The van der Waals surface area contributed by atoms with Crippen LogP contribution < -0.4 is 5.32 Å². The summed E-state index contributed by atoms with van der Waals surface area (Å²) >= 11 is 0. The summed E-state index contributed by atoms with van der Waals surface area (Å²) in [4.78, 5) is 7.45. The van der Waals surface area contributed by atoms with Crippen LogP contribution in [0.15, 0.2) is 30.9 Å². The standard InChI is InChI=1S/C13H16N6/c1-19-9-17-18-12(19)4-6-14-7-10-8-16-13-11(10)3-2-5-15-13/h2-3,5,8-9,14H,4,6-7H2,1H3,(H,15,16). The van der Waals surface area contributed by atoms with Crippen molar-refractivity contribution in [3.63, 3.8) is 0 Å². The van der Waals surface area contributed by atoms with Crippen LogP contribution in [0.3, 0.4) is 0 Å². The molecule has 3 aromatic rings. The highest BCUT2D eigenvalue weighted by Crippen LogP contribution is 2.14. The van der Waals surface area contributed by atoms with E-state index in [9.17, 15) is 0 Å². The van der Waals surface area contributed by atoms with E-state index in [1.807, 2.05) is 23.9 Å². The van der Waals surface area contributed by atoms with E-state index in [2.05, 4.69) is 31.5 Å². The molecule has 19 heavy (non-hydrogen) atoms. The van der Waals surface area contributed by atoms with E-state index in [1.54, 1.807) is 12.5 Å². The van der Waals surface area contributed by atoms with E-state index < -0.39 is 0 Å². The van der Waals surface area contributed by atoms with Gasteiger partial charge in [0.25, 0.3) is 0 Å². The molecule has 2 N–H and O–H groups in total. The van der Waals surface area contributed by atoms with Crippen LogP contribution in [0, 0.1) is 0 Å². The number of hydrogen-bond acceptors (Lipinski definition) is 4. The van der Waals surface area contributed by atoms with Crippen LogP contribution in [0.4, 0.5) is 0 Å². The fourth-order valence-corrected chi connectivity index (χ4v) is 2.12. The van der Waals surface area contributed by atoms with Crippen LogP contribution in [-0.2, 0) is 20.0 Å². The minimum Gasteiger partial charge on any atom is -0.346 e. The van der Waals surface area contributed by atoms with Gasteiger partial charge < -0.3 is 14.9 Å². The zero-order valence-corrected chi connectivity index (χ0v) is 10.8. The quantitative estimate of drug-likeness (QED) is 0.669. The number of nitrogens with one attached hydrogen (secondary N) is 2. The van der Waals surface area contributed by atoms with Gasteiger partial charge in [0.05, 0.1) is 0 Å². The zero-order chi connectivity index (χ0) is 13.1. The Morgan fingerprint density at radius 2 is 2.37 bits per heavy atom. The third-order valence-corrected chi connectivity index (χ3v) is 3.18. The van der Waals surface area contributed by atoms with E-state index in [-0.39, 0.29) is 0 Å². The minimum atomic E-state index is 0.823. The number of nitrogens with zero attached hydrogens (tertiary/aromatic N) is 4. The number of aryl methyl sites for hydroxylation is 1. The van der Waals surface area contributed by atoms with Gasteiger partial charge in [-0.2, -0.15) is 0 Å². The van der Waals surface area contributed by atoms with Crippen molar-refractivity contribution in [2.45, 2.75) is 13.0 Å². The molecule has 6 heteroatoms. The van der Waals surface area contributed by atoms with Gasteiger partial charge in [-0.1, -0.05) is 0 Å². The Balaban J connectivity index is 1.57. The van der Waals surface area contributed by atoms with Crippen LogP contribution in [0.25, 0.3) is 11.0 Å². The topological polar surface area (TPSA) is 71.4 Å². The van der Waals surface area contributed by atoms with Gasteiger partial charge in [-0.3, -0.25) is 0 Å². The van der Waals surface area contributed by atoms with E-state index in [0.717, 1.165) is 31.0 Å². The summed E-state index contributed by atoms with van der Waals surface area (Å²) in [7, 11) is 1.96. The van der Waals surface area contributed by atoms with Crippen molar-refractivity contribution in [3.05, 3.63) is 42.2 Å². The van der Waals surface area contributed by atoms with Crippen molar-refractivity contribution in [2.75, 3.05) is 6.54 Å². The lowest BCUT2D eigenvalue weighted by Gasteiger charge is -2.03. The van der Waals surface area contributed by atoms with Crippen molar-refractivity contribution in [1.29, 1.82) is 0 Å².